The minimum absolute atomic E-state index is 0.150. The number of hydrogen-bond donors (Lipinski definition) is 1. The van der Waals surface area contributed by atoms with Crippen LogP contribution in [0.1, 0.15) is 16.7 Å². The second kappa shape index (κ2) is 6.18. The summed E-state index contributed by atoms with van der Waals surface area (Å²) in [5, 5.41) is 2.87. The van der Waals surface area contributed by atoms with Crippen LogP contribution in [0.5, 0.6) is 0 Å². The summed E-state index contributed by atoms with van der Waals surface area (Å²) in [7, 11) is 0. The summed E-state index contributed by atoms with van der Waals surface area (Å²) in [6.45, 7) is 3.94. The molecule has 0 saturated heterocycles. The highest BCUT2D eigenvalue weighted by atomic mass is 79.9. The SMILES string of the molecule is Cc1cc(C)c(NC(=O)Cc2cccc(F)c2)c(Br)c1. The maximum Gasteiger partial charge on any atom is 0.228 e. The lowest BCUT2D eigenvalue weighted by molar-refractivity contribution is -0.115. The van der Waals surface area contributed by atoms with Crippen molar-refractivity contribution in [2.45, 2.75) is 20.3 Å². The zero-order chi connectivity index (χ0) is 14.7. The van der Waals surface area contributed by atoms with E-state index in [2.05, 4.69) is 21.2 Å². The van der Waals surface area contributed by atoms with Crippen LogP contribution in [0.15, 0.2) is 40.9 Å². The minimum Gasteiger partial charge on any atom is -0.325 e. The van der Waals surface area contributed by atoms with E-state index in [0.717, 1.165) is 21.3 Å². The van der Waals surface area contributed by atoms with Crippen LogP contribution in [0.2, 0.25) is 0 Å². The number of hydrogen-bond acceptors (Lipinski definition) is 1. The van der Waals surface area contributed by atoms with Gasteiger partial charge in [0, 0.05) is 4.47 Å². The number of carbonyl (C=O) groups excluding carboxylic acids is 1. The fourth-order valence-electron chi connectivity index (χ4n) is 2.09. The standard InChI is InChI=1S/C16H15BrFNO/c1-10-6-11(2)16(14(17)7-10)19-15(20)9-12-4-3-5-13(18)8-12/h3-8H,9H2,1-2H3,(H,19,20). The van der Waals surface area contributed by atoms with Gasteiger partial charge in [-0.15, -0.1) is 0 Å². The Morgan fingerprint density at radius 3 is 2.65 bits per heavy atom. The molecular formula is C16H15BrFNO. The third kappa shape index (κ3) is 3.67. The molecule has 2 nitrogen and oxygen atoms in total. The predicted octanol–water partition coefficient (Wildman–Crippen LogP) is 4.39. The maximum atomic E-state index is 13.1. The van der Waals surface area contributed by atoms with Gasteiger partial charge in [0.15, 0.2) is 0 Å². The van der Waals surface area contributed by atoms with Gasteiger partial charge in [-0.2, -0.15) is 0 Å². The smallest absolute Gasteiger partial charge is 0.228 e. The highest BCUT2D eigenvalue weighted by Gasteiger charge is 2.10. The molecule has 4 heteroatoms. The molecule has 0 atom stereocenters. The molecule has 0 aromatic heterocycles. The zero-order valence-electron chi connectivity index (χ0n) is 11.3. The lowest BCUT2D eigenvalue weighted by atomic mass is 10.1. The van der Waals surface area contributed by atoms with Gasteiger partial charge in [-0.3, -0.25) is 4.79 Å². The molecule has 0 bridgehead atoms. The monoisotopic (exact) mass is 335 g/mol. The van der Waals surface area contributed by atoms with E-state index in [1.165, 1.54) is 12.1 Å². The molecule has 0 saturated carbocycles. The Balaban J connectivity index is 2.13. The van der Waals surface area contributed by atoms with E-state index in [1.54, 1.807) is 12.1 Å². The summed E-state index contributed by atoms with van der Waals surface area (Å²) < 4.78 is 13.9. The predicted molar refractivity (Wildman–Crippen MR) is 82.3 cm³/mol. The highest BCUT2D eigenvalue weighted by Crippen LogP contribution is 2.27. The Labute approximate surface area is 126 Å². The molecule has 1 amide bonds. The summed E-state index contributed by atoms with van der Waals surface area (Å²) >= 11 is 3.45. The number of anilines is 1. The Kier molecular flexibility index (Phi) is 4.55. The van der Waals surface area contributed by atoms with Crippen LogP contribution in [-0.4, -0.2) is 5.91 Å². The third-order valence-corrected chi connectivity index (χ3v) is 3.58. The van der Waals surface area contributed by atoms with Crippen molar-refractivity contribution < 1.29 is 9.18 Å². The van der Waals surface area contributed by atoms with Crippen LogP contribution in [-0.2, 0) is 11.2 Å². The Morgan fingerprint density at radius 1 is 1.25 bits per heavy atom. The molecule has 0 fully saturated rings. The average Bonchev–Trinajstić information content (AvgIpc) is 2.33. The van der Waals surface area contributed by atoms with Gasteiger partial charge in [0.25, 0.3) is 0 Å². The Hall–Kier alpha value is -1.68. The fourth-order valence-corrected chi connectivity index (χ4v) is 2.86. The van der Waals surface area contributed by atoms with E-state index in [0.29, 0.717) is 5.56 Å². The molecule has 2 rings (SSSR count). The van der Waals surface area contributed by atoms with Crippen molar-refractivity contribution in [3.05, 3.63) is 63.4 Å². The lowest BCUT2D eigenvalue weighted by Crippen LogP contribution is -2.15. The molecule has 0 aliphatic rings. The van der Waals surface area contributed by atoms with Crippen molar-refractivity contribution in [3.8, 4) is 0 Å². The van der Waals surface area contributed by atoms with Crippen molar-refractivity contribution in [2.24, 2.45) is 0 Å². The van der Waals surface area contributed by atoms with Crippen molar-refractivity contribution in [3.63, 3.8) is 0 Å². The van der Waals surface area contributed by atoms with E-state index in [-0.39, 0.29) is 18.1 Å². The molecule has 20 heavy (non-hydrogen) atoms. The van der Waals surface area contributed by atoms with E-state index >= 15 is 0 Å². The number of nitrogens with one attached hydrogen (secondary N) is 1. The summed E-state index contributed by atoms with van der Waals surface area (Å²) in [4.78, 5) is 12.0. The largest absolute Gasteiger partial charge is 0.325 e. The average molecular weight is 336 g/mol. The van der Waals surface area contributed by atoms with Gasteiger partial charge >= 0.3 is 0 Å². The number of rotatable bonds is 3. The molecule has 2 aromatic carbocycles. The second-order valence-corrected chi connectivity index (χ2v) is 5.65. The quantitative estimate of drug-likeness (QED) is 0.885. The first-order valence-electron chi connectivity index (χ1n) is 6.27. The number of carbonyl (C=O) groups is 1. The van der Waals surface area contributed by atoms with Crippen molar-refractivity contribution in [2.75, 3.05) is 5.32 Å². The maximum absolute atomic E-state index is 13.1. The molecule has 0 heterocycles. The van der Waals surface area contributed by atoms with Crippen molar-refractivity contribution in [1.82, 2.24) is 0 Å². The number of aryl methyl sites for hydroxylation is 2. The van der Waals surface area contributed by atoms with Gasteiger partial charge in [0.2, 0.25) is 5.91 Å². The van der Waals surface area contributed by atoms with Gasteiger partial charge in [0.05, 0.1) is 12.1 Å². The molecule has 0 radical (unpaired) electrons. The molecule has 2 aromatic rings. The Bertz CT molecular complexity index is 632. The molecule has 1 N–H and O–H groups in total. The first-order chi connectivity index (χ1) is 9.45. The third-order valence-electron chi connectivity index (χ3n) is 2.95. The summed E-state index contributed by atoms with van der Waals surface area (Å²) in [5.41, 5.74) is 3.53. The van der Waals surface area contributed by atoms with Crippen molar-refractivity contribution >= 4 is 27.5 Å². The lowest BCUT2D eigenvalue weighted by Gasteiger charge is -2.12. The summed E-state index contributed by atoms with van der Waals surface area (Å²) in [6, 6.07) is 10.0. The molecule has 104 valence electrons. The van der Waals surface area contributed by atoms with Crippen LogP contribution in [0.4, 0.5) is 10.1 Å². The van der Waals surface area contributed by atoms with Crippen molar-refractivity contribution in [1.29, 1.82) is 0 Å². The number of benzene rings is 2. The van der Waals surface area contributed by atoms with E-state index < -0.39 is 0 Å². The molecule has 0 aliphatic heterocycles. The van der Waals surface area contributed by atoms with E-state index in [9.17, 15) is 9.18 Å². The highest BCUT2D eigenvalue weighted by molar-refractivity contribution is 9.10. The van der Waals surface area contributed by atoms with E-state index in [4.69, 9.17) is 0 Å². The molecule has 0 aliphatic carbocycles. The van der Waals surface area contributed by atoms with Crippen LogP contribution < -0.4 is 5.32 Å². The number of halogens is 2. The van der Waals surface area contributed by atoms with Gasteiger partial charge < -0.3 is 5.32 Å². The second-order valence-electron chi connectivity index (χ2n) is 4.79. The minimum atomic E-state index is -0.331. The normalized spacial score (nSPS) is 10.4. The van der Waals surface area contributed by atoms with Crippen LogP contribution in [0.3, 0.4) is 0 Å². The zero-order valence-corrected chi connectivity index (χ0v) is 12.9. The van der Waals surface area contributed by atoms with Crippen LogP contribution in [0.25, 0.3) is 0 Å². The fraction of sp³-hybridized carbons (Fsp3) is 0.188. The molecule has 0 spiro atoms. The van der Waals surface area contributed by atoms with Gasteiger partial charge in [-0.1, -0.05) is 18.2 Å². The summed E-state index contributed by atoms with van der Waals surface area (Å²) in [6.07, 6.45) is 0.150. The summed E-state index contributed by atoms with van der Waals surface area (Å²) in [5.74, 6) is -0.494. The molecular weight excluding hydrogens is 321 g/mol. The topological polar surface area (TPSA) is 29.1 Å². The first kappa shape index (κ1) is 14.7. The van der Waals surface area contributed by atoms with Gasteiger partial charge in [-0.05, 0) is 64.7 Å². The van der Waals surface area contributed by atoms with E-state index in [1.807, 2.05) is 26.0 Å². The van der Waals surface area contributed by atoms with Crippen LogP contribution >= 0.6 is 15.9 Å². The first-order valence-corrected chi connectivity index (χ1v) is 7.06. The van der Waals surface area contributed by atoms with Gasteiger partial charge in [0.1, 0.15) is 5.82 Å². The van der Waals surface area contributed by atoms with Crippen LogP contribution in [0, 0.1) is 19.7 Å². The Morgan fingerprint density at radius 2 is 2.00 bits per heavy atom. The molecule has 0 unspecified atom stereocenters. The van der Waals surface area contributed by atoms with Gasteiger partial charge in [-0.25, -0.2) is 4.39 Å². The number of amides is 1.